The number of aryl methyl sites for hydroxylation is 1. The van der Waals surface area contributed by atoms with Gasteiger partial charge in [0.15, 0.2) is 0 Å². The summed E-state index contributed by atoms with van der Waals surface area (Å²) in [4.78, 5) is 19.4. The monoisotopic (exact) mass is 344 g/mol. The van der Waals surface area contributed by atoms with Crippen LogP contribution in [0.3, 0.4) is 0 Å². The largest absolute Gasteiger partial charge is 0.342 e. The lowest BCUT2D eigenvalue weighted by atomic mass is 9.98. The van der Waals surface area contributed by atoms with Gasteiger partial charge in [-0.25, -0.2) is 9.37 Å². The Bertz CT molecular complexity index is 759. The standard InChI is InChI=1S/C19H21FN2OS/c1-12-11-24-18(21-12)14-5-3-7-22(10-14)19(23)17-9-16(17)13-4-2-6-15(20)8-13/h2,4,6,8,11,14,16-17H,3,5,7,9-10H2,1H3/t14-,16-,17-/m1/s1. The van der Waals surface area contributed by atoms with Crippen molar-refractivity contribution < 1.29 is 9.18 Å². The molecule has 0 bridgehead atoms. The maximum absolute atomic E-state index is 13.4. The molecule has 126 valence electrons. The van der Waals surface area contributed by atoms with E-state index in [0.717, 1.165) is 48.6 Å². The van der Waals surface area contributed by atoms with Crippen molar-refractivity contribution in [1.82, 2.24) is 9.88 Å². The number of amides is 1. The van der Waals surface area contributed by atoms with Crippen LogP contribution >= 0.6 is 11.3 Å². The Morgan fingerprint density at radius 2 is 2.29 bits per heavy atom. The van der Waals surface area contributed by atoms with Crippen LogP contribution in [0.1, 0.15) is 47.4 Å². The zero-order chi connectivity index (χ0) is 16.7. The van der Waals surface area contributed by atoms with Gasteiger partial charge in [-0.3, -0.25) is 4.79 Å². The summed E-state index contributed by atoms with van der Waals surface area (Å²) in [5.74, 6) is 0.608. The lowest BCUT2D eigenvalue weighted by Gasteiger charge is -2.32. The molecule has 24 heavy (non-hydrogen) atoms. The Morgan fingerprint density at radius 1 is 1.42 bits per heavy atom. The molecule has 0 spiro atoms. The smallest absolute Gasteiger partial charge is 0.226 e. The van der Waals surface area contributed by atoms with Gasteiger partial charge in [-0.15, -0.1) is 11.3 Å². The van der Waals surface area contributed by atoms with Crippen molar-refractivity contribution in [2.45, 2.75) is 38.0 Å². The summed E-state index contributed by atoms with van der Waals surface area (Å²) in [7, 11) is 0. The highest BCUT2D eigenvalue weighted by atomic mass is 32.1. The molecule has 0 N–H and O–H groups in total. The predicted octanol–water partition coefficient (Wildman–Crippen LogP) is 4.10. The van der Waals surface area contributed by atoms with Crippen LogP contribution in [-0.4, -0.2) is 28.9 Å². The second-order valence-electron chi connectivity index (χ2n) is 6.95. The van der Waals surface area contributed by atoms with Gasteiger partial charge in [0, 0.05) is 36.0 Å². The highest BCUT2D eigenvalue weighted by molar-refractivity contribution is 7.09. The summed E-state index contributed by atoms with van der Waals surface area (Å²) < 4.78 is 13.4. The van der Waals surface area contributed by atoms with E-state index in [1.54, 1.807) is 23.5 Å². The van der Waals surface area contributed by atoms with Crippen molar-refractivity contribution in [2.24, 2.45) is 5.92 Å². The Hall–Kier alpha value is -1.75. The number of hydrogen-bond acceptors (Lipinski definition) is 3. The number of nitrogens with zero attached hydrogens (tertiary/aromatic N) is 2. The Balaban J connectivity index is 1.42. The fraction of sp³-hybridized carbons (Fsp3) is 0.474. The number of hydrogen-bond donors (Lipinski definition) is 0. The summed E-state index contributed by atoms with van der Waals surface area (Å²) >= 11 is 1.70. The average molecular weight is 344 g/mol. The molecule has 5 heteroatoms. The molecule has 1 amide bonds. The van der Waals surface area contributed by atoms with E-state index in [1.165, 1.54) is 6.07 Å². The van der Waals surface area contributed by atoms with Crippen molar-refractivity contribution in [3.63, 3.8) is 0 Å². The zero-order valence-corrected chi connectivity index (χ0v) is 14.6. The van der Waals surface area contributed by atoms with Gasteiger partial charge in [0.1, 0.15) is 5.82 Å². The molecule has 2 aliphatic rings. The van der Waals surface area contributed by atoms with Crippen LogP contribution in [-0.2, 0) is 4.79 Å². The van der Waals surface area contributed by atoms with Crippen LogP contribution < -0.4 is 0 Å². The summed E-state index contributed by atoms with van der Waals surface area (Å²) in [6, 6.07) is 6.67. The quantitative estimate of drug-likeness (QED) is 0.840. The second-order valence-corrected chi connectivity index (χ2v) is 7.84. The SMILES string of the molecule is Cc1csc([C@@H]2CCCN(C(=O)[C@@H]3C[C@@H]3c3cccc(F)c3)C2)n1. The summed E-state index contributed by atoms with van der Waals surface area (Å²) in [5.41, 5.74) is 2.02. The van der Waals surface area contributed by atoms with Crippen LogP contribution in [0.4, 0.5) is 4.39 Å². The summed E-state index contributed by atoms with van der Waals surface area (Å²) in [6.45, 7) is 3.63. The lowest BCUT2D eigenvalue weighted by Crippen LogP contribution is -2.40. The molecule has 1 saturated carbocycles. The first-order chi connectivity index (χ1) is 11.6. The number of likely N-dealkylation sites (tertiary alicyclic amines) is 1. The molecular formula is C19H21FN2OS. The minimum atomic E-state index is -0.220. The first kappa shape index (κ1) is 15.8. The Kier molecular flexibility index (Phi) is 4.12. The molecule has 1 aromatic carbocycles. The maximum Gasteiger partial charge on any atom is 0.226 e. The van der Waals surface area contributed by atoms with Gasteiger partial charge >= 0.3 is 0 Å². The first-order valence-corrected chi connectivity index (χ1v) is 9.46. The maximum atomic E-state index is 13.4. The number of benzene rings is 1. The molecule has 2 fully saturated rings. The van der Waals surface area contributed by atoms with Gasteiger partial charge in [0.2, 0.25) is 5.91 Å². The van der Waals surface area contributed by atoms with E-state index in [9.17, 15) is 9.18 Å². The van der Waals surface area contributed by atoms with Crippen molar-refractivity contribution in [2.75, 3.05) is 13.1 Å². The predicted molar refractivity (Wildman–Crippen MR) is 92.7 cm³/mol. The van der Waals surface area contributed by atoms with Gasteiger partial charge in [-0.1, -0.05) is 12.1 Å². The van der Waals surface area contributed by atoms with Crippen molar-refractivity contribution >= 4 is 17.2 Å². The number of piperidine rings is 1. The number of aromatic nitrogens is 1. The van der Waals surface area contributed by atoms with Crippen LogP contribution in [0.15, 0.2) is 29.6 Å². The number of carbonyl (C=O) groups is 1. The third kappa shape index (κ3) is 3.09. The van der Waals surface area contributed by atoms with Crippen LogP contribution in [0.2, 0.25) is 0 Å². The van der Waals surface area contributed by atoms with Crippen LogP contribution in [0.25, 0.3) is 0 Å². The molecule has 4 rings (SSSR count). The van der Waals surface area contributed by atoms with Gasteiger partial charge in [-0.2, -0.15) is 0 Å². The molecule has 3 nitrogen and oxygen atoms in total. The fourth-order valence-electron chi connectivity index (χ4n) is 3.75. The van der Waals surface area contributed by atoms with Gasteiger partial charge in [0.05, 0.1) is 5.01 Å². The topological polar surface area (TPSA) is 33.2 Å². The van der Waals surface area contributed by atoms with E-state index in [2.05, 4.69) is 10.4 Å². The van der Waals surface area contributed by atoms with E-state index in [4.69, 9.17) is 0 Å². The lowest BCUT2D eigenvalue weighted by molar-refractivity contribution is -0.133. The van der Waals surface area contributed by atoms with Gasteiger partial charge < -0.3 is 4.90 Å². The highest BCUT2D eigenvalue weighted by Crippen LogP contribution is 2.49. The third-order valence-corrected chi connectivity index (χ3v) is 6.23. The fourth-order valence-corrected chi connectivity index (χ4v) is 4.67. The zero-order valence-electron chi connectivity index (χ0n) is 13.7. The van der Waals surface area contributed by atoms with Gasteiger partial charge in [-0.05, 0) is 49.8 Å². The van der Waals surface area contributed by atoms with Crippen LogP contribution in [0.5, 0.6) is 0 Å². The molecule has 3 atom stereocenters. The van der Waals surface area contributed by atoms with Crippen molar-refractivity contribution in [3.8, 4) is 0 Å². The molecule has 2 aromatic rings. The molecule has 1 aliphatic carbocycles. The van der Waals surface area contributed by atoms with Crippen molar-refractivity contribution in [1.29, 1.82) is 0 Å². The minimum Gasteiger partial charge on any atom is -0.342 e. The number of carbonyl (C=O) groups excluding carboxylic acids is 1. The number of rotatable bonds is 3. The molecule has 2 heterocycles. The summed E-state index contributed by atoms with van der Waals surface area (Å²) in [5, 5.41) is 3.24. The number of halogens is 1. The third-order valence-electron chi connectivity index (χ3n) is 5.10. The normalized spacial score (nSPS) is 26.4. The highest BCUT2D eigenvalue weighted by Gasteiger charge is 2.46. The molecule has 0 radical (unpaired) electrons. The second kappa shape index (κ2) is 6.28. The molecule has 1 aliphatic heterocycles. The Labute approximate surface area is 145 Å². The number of thiazole rings is 1. The first-order valence-electron chi connectivity index (χ1n) is 8.58. The summed E-state index contributed by atoms with van der Waals surface area (Å²) in [6.07, 6.45) is 2.99. The van der Waals surface area contributed by atoms with E-state index in [1.807, 2.05) is 17.9 Å². The molecule has 1 saturated heterocycles. The molecular weight excluding hydrogens is 323 g/mol. The Morgan fingerprint density at radius 3 is 3.04 bits per heavy atom. The van der Waals surface area contributed by atoms with E-state index >= 15 is 0 Å². The molecule has 0 unspecified atom stereocenters. The van der Waals surface area contributed by atoms with Crippen molar-refractivity contribution in [3.05, 3.63) is 51.7 Å². The van der Waals surface area contributed by atoms with Gasteiger partial charge in [0.25, 0.3) is 0 Å². The minimum absolute atomic E-state index is 0.0311. The van der Waals surface area contributed by atoms with E-state index in [0.29, 0.717) is 5.92 Å². The van der Waals surface area contributed by atoms with Crippen LogP contribution in [0, 0.1) is 18.7 Å². The van der Waals surface area contributed by atoms with E-state index < -0.39 is 0 Å². The molecule has 1 aromatic heterocycles. The van der Waals surface area contributed by atoms with E-state index in [-0.39, 0.29) is 23.6 Å². The average Bonchev–Trinajstić information content (AvgIpc) is 3.28.